The Morgan fingerprint density at radius 3 is 3.00 bits per heavy atom. The van der Waals surface area contributed by atoms with Crippen molar-refractivity contribution in [3.63, 3.8) is 0 Å². The number of fused-ring (bicyclic) bond motifs is 1. The molecule has 0 saturated heterocycles. The molecule has 0 spiro atoms. The molecule has 0 radical (unpaired) electrons. The number of carbonyl (C=O) groups excluding carboxylic acids is 1. The minimum absolute atomic E-state index is 0.0303. The van der Waals surface area contributed by atoms with Crippen LogP contribution in [0.3, 0.4) is 0 Å². The van der Waals surface area contributed by atoms with Crippen molar-refractivity contribution in [2.75, 3.05) is 7.11 Å². The fourth-order valence-electron chi connectivity index (χ4n) is 1.65. The molecular formula is C12H14N2O2. The highest BCUT2D eigenvalue weighted by Crippen LogP contribution is 2.23. The van der Waals surface area contributed by atoms with Gasteiger partial charge in [0.15, 0.2) is 0 Å². The highest BCUT2D eigenvalue weighted by Gasteiger charge is 2.05. The molecule has 4 nitrogen and oxygen atoms in total. The van der Waals surface area contributed by atoms with Crippen LogP contribution in [0.2, 0.25) is 0 Å². The average molecular weight is 218 g/mol. The summed E-state index contributed by atoms with van der Waals surface area (Å²) >= 11 is 0. The van der Waals surface area contributed by atoms with E-state index in [9.17, 15) is 4.79 Å². The molecule has 2 rings (SSSR count). The van der Waals surface area contributed by atoms with Gasteiger partial charge in [0.25, 0.3) is 0 Å². The van der Waals surface area contributed by atoms with Gasteiger partial charge in [-0.05, 0) is 23.8 Å². The molecule has 0 atom stereocenters. The molecule has 1 aromatic carbocycles. The van der Waals surface area contributed by atoms with Crippen molar-refractivity contribution >= 4 is 16.8 Å². The first-order valence-corrected chi connectivity index (χ1v) is 5.09. The largest absolute Gasteiger partial charge is 0.497 e. The molecule has 0 bridgehead atoms. The van der Waals surface area contributed by atoms with E-state index in [1.165, 1.54) is 6.92 Å². The lowest BCUT2D eigenvalue weighted by Crippen LogP contribution is -2.18. The van der Waals surface area contributed by atoms with Crippen LogP contribution in [0.4, 0.5) is 0 Å². The summed E-state index contributed by atoms with van der Waals surface area (Å²) in [5.74, 6) is 0.786. The molecule has 1 amide bonds. The number of carbonyl (C=O) groups is 1. The van der Waals surface area contributed by atoms with Crippen LogP contribution < -0.4 is 10.1 Å². The van der Waals surface area contributed by atoms with Gasteiger partial charge in [-0.15, -0.1) is 0 Å². The van der Waals surface area contributed by atoms with Crippen molar-refractivity contribution in [2.45, 2.75) is 13.5 Å². The molecule has 4 heteroatoms. The Morgan fingerprint density at radius 2 is 2.31 bits per heavy atom. The molecule has 84 valence electrons. The number of hydrogen-bond donors (Lipinski definition) is 2. The first-order valence-electron chi connectivity index (χ1n) is 5.09. The van der Waals surface area contributed by atoms with E-state index in [-0.39, 0.29) is 5.91 Å². The molecule has 2 N–H and O–H groups in total. The van der Waals surface area contributed by atoms with E-state index in [1.807, 2.05) is 24.4 Å². The number of nitrogens with one attached hydrogen (secondary N) is 2. The average Bonchev–Trinajstić information content (AvgIpc) is 2.68. The second kappa shape index (κ2) is 4.26. The van der Waals surface area contributed by atoms with Crippen LogP contribution in [0.25, 0.3) is 10.9 Å². The Bertz CT molecular complexity index is 517. The Kier molecular flexibility index (Phi) is 2.81. The molecule has 0 aliphatic heterocycles. The molecule has 1 heterocycles. The van der Waals surface area contributed by atoms with E-state index in [0.717, 1.165) is 22.2 Å². The third-order valence-corrected chi connectivity index (χ3v) is 2.50. The number of ether oxygens (including phenoxy) is 1. The summed E-state index contributed by atoms with van der Waals surface area (Å²) < 4.78 is 5.17. The van der Waals surface area contributed by atoms with Gasteiger partial charge in [-0.25, -0.2) is 0 Å². The van der Waals surface area contributed by atoms with Crippen LogP contribution in [0.1, 0.15) is 12.5 Å². The van der Waals surface area contributed by atoms with Crippen molar-refractivity contribution < 1.29 is 9.53 Å². The highest BCUT2D eigenvalue weighted by atomic mass is 16.5. The molecule has 0 unspecified atom stereocenters. The second-order valence-corrected chi connectivity index (χ2v) is 3.64. The number of aromatic nitrogens is 1. The maximum Gasteiger partial charge on any atom is 0.217 e. The summed E-state index contributed by atoms with van der Waals surface area (Å²) in [5.41, 5.74) is 2.10. The normalized spacial score (nSPS) is 10.4. The Labute approximate surface area is 93.6 Å². The van der Waals surface area contributed by atoms with Gasteiger partial charge < -0.3 is 15.0 Å². The third-order valence-electron chi connectivity index (χ3n) is 2.50. The summed E-state index contributed by atoms with van der Waals surface area (Å²) in [7, 11) is 1.64. The van der Waals surface area contributed by atoms with E-state index in [4.69, 9.17) is 4.74 Å². The molecular weight excluding hydrogens is 204 g/mol. The van der Waals surface area contributed by atoms with Crippen molar-refractivity contribution in [1.82, 2.24) is 10.3 Å². The van der Waals surface area contributed by atoms with E-state index in [1.54, 1.807) is 7.11 Å². The van der Waals surface area contributed by atoms with Gasteiger partial charge >= 0.3 is 0 Å². The molecule has 2 aromatic rings. The van der Waals surface area contributed by atoms with Gasteiger partial charge in [-0.1, -0.05) is 0 Å². The van der Waals surface area contributed by atoms with E-state index in [2.05, 4.69) is 10.3 Å². The topological polar surface area (TPSA) is 54.1 Å². The van der Waals surface area contributed by atoms with Gasteiger partial charge in [0.05, 0.1) is 7.11 Å². The lowest BCUT2D eigenvalue weighted by atomic mass is 10.1. The van der Waals surface area contributed by atoms with Crippen LogP contribution >= 0.6 is 0 Å². The predicted molar refractivity (Wildman–Crippen MR) is 62.4 cm³/mol. The van der Waals surface area contributed by atoms with Gasteiger partial charge in [-0.2, -0.15) is 0 Å². The second-order valence-electron chi connectivity index (χ2n) is 3.64. The maximum absolute atomic E-state index is 10.9. The Hall–Kier alpha value is -1.97. The number of methoxy groups -OCH3 is 1. The standard InChI is InChI=1S/C12H14N2O2/c1-8(15)13-6-9-7-14-12-4-3-10(16-2)5-11(9)12/h3-5,7,14H,6H2,1-2H3,(H,13,15). The molecule has 0 aliphatic rings. The summed E-state index contributed by atoms with van der Waals surface area (Å²) in [6.07, 6.45) is 1.90. The van der Waals surface area contributed by atoms with E-state index in [0.29, 0.717) is 6.54 Å². The lowest BCUT2D eigenvalue weighted by molar-refractivity contribution is -0.119. The van der Waals surface area contributed by atoms with Crippen LogP contribution in [-0.2, 0) is 11.3 Å². The fourth-order valence-corrected chi connectivity index (χ4v) is 1.65. The van der Waals surface area contributed by atoms with Crippen LogP contribution in [0, 0.1) is 0 Å². The van der Waals surface area contributed by atoms with Crippen LogP contribution in [0.15, 0.2) is 24.4 Å². The highest BCUT2D eigenvalue weighted by molar-refractivity contribution is 5.85. The minimum Gasteiger partial charge on any atom is -0.497 e. The smallest absolute Gasteiger partial charge is 0.217 e. The Balaban J connectivity index is 2.34. The van der Waals surface area contributed by atoms with Crippen molar-refractivity contribution in [3.8, 4) is 5.75 Å². The lowest BCUT2D eigenvalue weighted by Gasteiger charge is -2.02. The predicted octanol–water partition coefficient (Wildman–Crippen LogP) is 1.81. The number of hydrogen-bond acceptors (Lipinski definition) is 2. The van der Waals surface area contributed by atoms with Gasteiger partial charge in [0.2, 0.25) is 5.91 Å². The zero-order valence-electron chi connectivity index (χ0n) is 9.33. The number of H-pyrrole nitrogens is 1. The first-order chi connectivity index (χ1) is 7.70. The van der Waals surface area contributed by atoms with Crippen LogP contribution in [-0.4, -0.2) is 18.0 Å². The van der Waals surface area contributed by atoms with Crippen molar-refractivity contribution in [3.05, 3.63) is 30.0 Å². The zero-order chi connectivity index (χ0) is 11.5. The molecule has 16 heavy (non-hydrogen) atoms. The molecule has 0 aliphatic carbocycles. The zero-order valence-corrected chi connectivity index (χ0v) is 9.33. The van der Waals surface area contributed by atoms with Crippen LogP contribution in [0.5, 0.6) is 5.75 Å². The van der Waals surface area contributed by atoms with E-state index >= 15 is 0 Å². The summed E-state index contributed by atoms with van der Waals surface area (Å²) in [6, 6.07) is 5.83. The molecule has 0 fully saturated rings. The molecule has 0 saturated carbocycles. The maximum atomic E-state index is 10.9. The summed E-state index contributed by atoms with van der Waals surface area (Å²) in [4.78, 5) is 14.0. The minimum atomic E-state index is -0.0303. The molecule has 1 aromatic heterocycles. The van der Waals surface area contributed by atoms with Gasteiger partial charge in [0, 0.05) is 30.6 Å². The first kappa shape index (κ1) is 10.5. The van der Waals surface area contributed by atoms with Gasteiger partial charge in [-0.3, -0.25) is 4.79 Å². The van der Waals surface area contributed by atoms with Gasteiger partial charge in [0.1, 0.15) is 5.75 Å². The SMILES string of the molecule is COc1ccc2[nH]cc(CNC(C)=O)c2c1. The fraction of sp³-hybridized carbons (Fsp3) is 0.250. The van der Waals surface area contributed by atoms with E-state index < -0.39 is 0 Å². The summed E-state index contributed by atoms with van der Waals surface area (Å²) in [6.45, 7) is 2.04. The number of amides is 1. The van der Waals surface area contributed by atoms with Crippen molar-refractivity contribution in [1.29, 1.82) is 0 Å². The summed E-state index contributed by atoms with van der Waals surface area (Å²) in [5, 5.41) is 3.85. The van der Waals surface area contributed by atoms with Crippen molar-refractivity contribution in [2.24, 2.45) is 0 Å². The Morgan fingerprint density at radius 1 is 1.50 bits per heavy atom. The number of rotatable bonds is 3. The third kappa shape index (κ3) is 2.00. The monoisotopic (exact) mass is 218 g/mol. The number of aromatic amines is 1. The quantitative estimate of drug-likeness (QED) is 0.825. The number of benzene rings is 1.